The van der Waals surface area contributed by atoms with Crippen molar-refractivity contribution < 1.29 is 27.1 Å². The van der Waals surface area contributed by atoms with E-state index in [0.29, 0.717) is 17.1 Å². The first-order valence-electron chi connectivity index (χ1n) is 8.03. The minimum Gasteiger partial charge on any atom is -0.423 e. The number of aryl methyl sites for hydroxylation is 1. The van der Waals surface area contributed by atoms with Crippen molar-refractivity contribution >= 4 is 17.7 Å². The monoisotopic (exact) mass is 389 g/mol. The molecule has 0 bridgehead atoms. The maximum Gasteiger partial charge on any atom is 0.573 e. The van der Waals surface area contributed by atoms with E-state index in [1.807, 2.05) is 0 Å². The average molecular weight is 389 g/mol. The predicted molar refractivity (Wildman–Crippen MR) is 95.3 cm³/mol. The molecule has 0 fully saturated rings. The molecule has 28 heavy (non-hydrogen) atoms. The SMILES string of the molecule is Cc1cc(-c2nnco2)ccc1NC(=O)/C=C/c1ccccc1OC(F)(F)F. The van der Waals surface area contributed by atoms with E-state index in [9.17, 15) is 18.0 Å². The number of benzene rings is 2. The molecule has 6 nitrogen and oxygen atoms in total. The Morgan fingerprint density at radius 2 is 2.00 bits per heavy atom. The van der Waals surface area contributed by atoms with E-state index in [1.165, 1.54) is 30.7 Å². The predicted octanol–water partition coefficient (Wildman–Crippen LogP) is 4.60. The van der Waals surface area contributed by atoms with Crippen LogP contribution in [0.25, 0.3) is 17.5 Å². The van der Waals surface area contributed by atoms with Crippen molar-refractivity contribution in [2.24, 2.45) is 0 Å². The fourth-order valence-electron chi connectivity index (χ4n) is 2.41. The molecule has 1 heterocycles. The number of carbonyl (C=O) groups is 1. The minimum absolute atomic E-state index is 0.124. The molecule has 2 aromatic carbocycles. The number of hydrogen-bond acceptors (Lipinski definition) is 5. The normalized spacial score (nSPS) is 11.6. The summed E-state index contributed by atoms with van der Waals surface area (Å²) < 4.78 is 46.4. The standard InChI is InChI=1S/C19H14F3N3O3/c1-12-10-14(18-25-23-11-27-18)6-8-15(12)24-17(26)9-7-13-4-2-3-5-16(13)28-19(20,21)22/h2-11H,1H3,(H,24,26)/b9-7+. The molecule has 0 saturated carbocycles. The third kappa shape index (κ3) is 4.97. The van der Waals surface area contributed by atoms with Crippen molar-refractivity contribution in [3.63, 3.8) is 0 Å². The summed E-state index contributed by atoms with van der Waals surface area (Å²) in [6.45, 7) is 1.78. The van der Waals surface area contributed by atoms with Crippen LogP contribution in [0.15, 0.2) is 59.4 Å². The second-order valence-corrected chi connectivity index (χ2v) is 5.68. The molecule has 3 aromatic rings. The number of nitrogens with zero attached hydrogens (tertiary/aromatic N) is 2. The number of rotatable bonds is 5. The van der Waals surface area contributed by atoms with Gasteiger partial charge < -0.3 is 14.5 Å². The zero-order valence-corrected chi connectivity index (χ0v) is 14.5. The van der Waals surface area contributed by atoms with Gasteiger partial charge in [0.15, 0.2) is 0 Å². The van der Waals surface area contributed by atoms with Crippen LogP contribution in [0.3, 0.4) is 0 Å². The highest BCUT2D eigenvalue weighted by molar-refractivity contribution is 6.02. The summed E-state index contributed by atoms with van der Waals surface area (Å²) in [6, 6.07) is 10.7. The summed E-state index contributed by atoms with van der Waals surface area (Å²) in [7, 11) is 0. The third-order valence-corrected chi connectivity index (χ3v) is 3.65. The zero-order valence-electron chi connectivity index (χ0n) is 14.5. The number of amides is 1. The number of carbonyl (C=O) groups excluding carboxylic acids is 1. The number of hydrogen-bond donors (Lipinski definition) is 1. The van der Waals surface area contributed by atoms with Gasteiger partial charge in [-0.3, -0.25) is 4.79 Å². The first-order valence-corrected chi connectivity index (χ1v) is 8.03. The Morgan fingerprint density at radius 1 is 1.21 bits per heavy atom. The zero-order chi connectivity index (χ0) is 20.1. The Morgan fingerprint density at radius 3 is 2.68 bits per heavy atom. The third-order valence-electron chi connectivity index (χ3n) is 3.65. The van der Waals surface area contributed by atoms with Crippen LogP contribution in [-0.4, -0.2) is 22.5 Å². The van der Waals surface area contributed by atoms with Gasteiger partial charge in [0.25, 0.3) is 0 Å². The summed E-state index contributed by atoms with van der Waals surface area (Å²) in [4.78, 5) is 12.1. The van der Waals surface area contributed by atoms with E-state index in [1.54, 1.807) is 31.2 Å². The van der Waals surface area contributed by atoms with E-state index < -0.39 is 12.3 Å². The second kappa shape index (κ2) is 7.95. The van der Waals surface area contributed by atoms with Crippen molar-refractivity contribution in [3.05, 3.63) is 66.1 Å². The van der Waals surface area contributed by atoms with Crippen LogP contribution in [0.4, 0.5) is 18.9 Å². The average Bonchev–Trinajstić information content (AvgIpc) is 3.16. The first kappa shape index (κ1) is 19.2. The fourth-order valence-corrected chi connectivity index (χ4v) is 2.41. The van der Waals surface area contributed by atoms with E-state index in [-0.39, 0.29) is 11.3 Å². The van der Waals surface area contributed by atoms with E-state index in [0.717, 1.165) is 11.6 Å². The number of halogens is 3. The van der Waals surface area contributed by atoms with Crippen molar-refractivity contribution in [2.75, 3.05) is 5.32 Å². The van der Waals surface area contributed by atoms with Gasteiger partial charge in [-0.05, 0) is 42.8 Å². The number of aromatic nitrogens is 2. The summed E-state index contributed by atoms with van der Waals surface area (Å²) in [6.07, 6.45) is -1.22. The van der Waals surface area contributed by atoms with Gasteiger partial charge in [0.05, 0.1) is 0 Å². The smallest absolute Gasteiger partial charge is 0.423 e. The maximum atomic E-state index is 12.4. The largest absolute Gasteiger partial charge is 0.573 e. The van der Waals surface area contributed by atoms with Crippen molar-refractivity contribution in [1.29, 1.82) is 0 Å². The molecular formula is C19H14F3N3O3. The molecule has 9 heteroatoms. The van der Waals surface area contributed by atoms with E-state index in [2.05, 4.69) is 20.3 Å². The highest BCUT2D eigenvalue weighted by atomic mass is 19.4. The lowest BCUT2D eigenvalue weighted by Crippen LogP contribution is -2.17. The van der Waals surface area contributed by atoms with Crippen LogP contribution in [0, 0.1) is 6.92 Å². The Balaban J connectivity index is 1.71. The Bertz CT molecular complexity index is 999. The van der Waals surface area contributed by atoms with Crippen LogP contribution >= 0.6 is 0 Å². The topological polar surface area (TPSA) is 77.3 Å². The highest BCUT2D eigenvalue weighted by Crippen LogP contribution is 2.27. The molecule has 0 aliphatic heterocycles. The van der Waals surface area contributed by atoms with Gasteiger partial charge in [-0.25, -0.2) is 0 Å². The molecule has 3 rings (SSSR count). The Labute approximate surface area is 157 Å². The van der Waals surface area contributed by atoms with E-state index >= 15 is 0 Å². The van der Waals surface area contributed by atoms with Crippen LogP contribution < -0.4 is 10.1 Å². The first-order chi connectivity index (χ1) is 13.3. The van der Waals surface area contributed by atoms with Crippen molar-refractivity contribution in [2.45, 2.75) is 13.3 Å². The van der Waals surface area contributed by atoms with Crippen LogP contribution in [0.5, 0.6) is 5.75 Å². The Hall–Kier alpha value is -3.62. The molecule has 0 aliphatic rings. The highest BCUT2D eigenvalue weighted by Gasteiger charge is 2.31. The van der Waals surface area contributed by atoms with Gasteiger partial charge in [-0.15, -0.1) is 23.4 Å². The lowest BCUT2D eigenvalue weighted by Gasteiger charge is -2.11. The molecule has 1 aromatic heterocycles. The lowest BCUT2D eigenvalue weighted by molar-refractivity contribution is -0.274. The molecule has 1 amide bonds. The van der Waals surface area contributed by atoms with Gasteiger partial charge >= 0.3 is 6.36 Å². The molecule has 1 N–H and O–H groups in total. The molecule has 144 valence electrons. The minimum atomic E-state index is -4.82. The molecule has 0 atom stereocenters. The summed E-state index contributed by atoms with van der Waals surface area (Å²) in [5, 5.41) is 10.1. The van der Waals surface area contributed by atoms with Gasteiger partial charge in [0.2, 0.25) is 18.2 Å². The van der Waals surface area contributed by atoms with Crippen LogP contribution in [0.2, 0.25) is 0 Å². The second-order valence-electron chi connectivity index (χ2n) is 5.68. The number of alkyl halides is 3. The molecule has 0 radical (unpaired) electrons. The lowest BCUT2D eigenvalue weighted by atomic mass is 10.1. The number of anilines is 1. The van der Waals surface area contributed by atoms with Gasteiger partial charge in [0.1, 0.15) is 5.75 Å². The number of para-hydroxylation sites is 1. The molecule has 0 aliphatic carbocycles. The summed E-state index contributed by atoms with van der Waals surface area (Å²) in [5.41, 5.74) is 2.11. The maximum absolute atomic E-state index is 12.4. The number of nitrogens with one attached hydrogen (secondary N) is 1. The molecule has 0 saturated heterocycles. The van der Waals surface area contributed by atoms with Crippen molar-refractivity contribution in [3.8, 4) is 17.2 Å². The fraction of sp³-hybridized carbons (Fsp3) is 0.105. The van der Waals surface area contributed by atoms with Gasteiger partial charge in [0, 0.05) is 22.9 Å². The van der Waals surface area contributed by atoms with Crippen LogP contribution in [-0.2, 0) is 4.79 Å². The van der Waals surface area contributed by atoms with E-state index in [4.69, 9.17) is 4.42 Å². The molecule has 0 spiro atoms. The molecule has 0 unspecified atom stereocenters. The summed E-state index contributed by atoms with van der Waals surface area (Å²) >= 11 is 0. The Kier molecular flexibility index (Phi) is 5.44. The van der Waals surface area contributed by atoms with Gasteiger partial charge in [-0.2, -0.15) is 0 Å². The van der Waals surface area contributed by atoms with Gasteiger partial charge in [-0.1, -0.05) is 18.2 Å². The van der Waals surface area contributed by atoms with Crippen molar-refractivity contribution in [1.82, 2.24) is 10.2 Å². The van der Waals surface area contributed by atoms with Crippen LogP contribution in [0.1, 0.15) is 11.1 Å². The summed E-state index contributed by atoms with van der Waals surface area (Å²) in [5.74, 6) is -0.545. The number of ether oxygens (including phenoxy) is 1. The molecular weight excluding hydrogens is 375 g/mol. The quantitative estimate of drug-likeness (QED) is 0.646.